The third-order valence-corrected chi connectivity index (χ3v) is 7.21. The number of rotatable bonds is 12. The largest absolute Gasteiger partial charge is 0.493 e. The first kappa shape index (κ1) is 25.4. The molecule has 1 fully saturated rings. The summed E-state index contributed by atoms with van der Waals surface area (Å²) in [6.07, 6.45) is 3.52. The van der Waals surface area contributed by atoms with Crippen LogP contribution in [0, 0.1) is 5.92 Å². The second-order valence-electron chi connectivity index (χ2n) is 8.88. The molecule has 0 aliphatic carbocycles. The Morgan fingerprint density at radius 2 is 1.91 bits per heavy atom. The fourth-order valence-electron chi connectivity index (χ4n) is 3.98. The average Bonchev–Trinajstić information content (AvgIpc) is 3.27. The number of benzene rings is 1. The van der Waals surface area contributed by atoms with E-state index in [2.05, 4.69) is 28.9 Å². The number of ether oxygens (including phenoxy) is 1. The van der Waals surface area contributed by atoms with E-state index in [0.29, 0.717) is 30.2 Å². The molecule has 1 saturated heterocycles. The number of carbonyl (C=O) groups is 1. The van der Waals surface area contributed by atoms with Crippen LogP contribution in [0.3, 0.4) is 0 Å². The molecule has 8 heteroatoms. The zero-order chi connectivity index (χ0) is 23.6. The van der Waals surface area contributed by atoms with Gasteiger partial charge in [-0.05, 0) is 50.3 Å². The van der Waals surface area contributed by atoms with Crippen molar-refractivity contribution in [3.63, 3.8) is 0 Å². The first-order valence-corrected chi connectivity index (χ1v) is 13.2. The van der Waals surface area contributed by atoms with Crippen LogP contribution in [0.15, 0.2) is 28.8 Å². The lowest BCUT2D eigenvalue weighted by Gasteiger charge is -2.30. The van der Waals surface area contributed by atoms with E-state index in [9.17, 15) is 4.79 Å². The Kier molecular flexibility index (Phi) is 9.91. The molecule has 1 aromatic heterocycles. The van der Waals surface area contributed by atoms with Crippen LogP contribution in [0.25, 0.3) is 0 Å². The van der Waals surface area contributed by atoms with E-state index >= 15 is 0 Å². The third kappa shape index (κ3) is 7.95. The highest BCUT2D eigenvalue weighted by molar-refractivity contribution is 7.99. The van der Waals surface area contributed by atoms with Gasteiger partial charge in [-0.15, -0.1) is 0 Å². The number of hydrogen-bond donors (Lipinski definition) is 0. The Hall–Kier alpha value is -2.22. The minimum Gasteiger partial charge on any atom is -0.493 e. The standard InChI is InChI=1S/C25H38N4O3S/c1-5-28(6-2)24(30)18-20-7-9-21(10-8-20)31-15-16-33-22-11-13-29(14-12-22)25-26-23(27-32-25)17-19(3)4/h7-10,19,22H,5-6,11-18H2,1-4H3. The molecule has 0 N–H and O–H groups in total. The molecule has 0 spiro atoms. The maximum atomic E-state index is 12.2. The van der Waals surface area contributed by atoms with Gasteiger partial charge in [-0.1, -0.05) is 31.1 Å². The van der Waals surface area contributed by atoms with Crippen molar-refractivity contribution >= 4 is 23.7 Å². The number of likely N-dealkylation sites (N-methyl/N-ethyl adjacent to an activating group) is 1. The highest BCUT2D eigenvalue weighted by Gasteiger charge is 2.23. The van der Waals surface area contributed by atoms with E-state index in [0.717, 1.165) is 68.3 Å². The maximum Gasteiger partial charge on any atom is 0.324 e. The van der Waals surface area contributed by atoms with Crippen molar-refractivity contribution in [3.05, 3.63) is 35.7 Å². The molecule has 0 atom stereocenters. The number of anilines is 1. The zero-order valence-electron chi connectivity index (χ0n) is 20.5. The summed E-state index contributed by atoms with van der Waals surface area (Å²) < 4.78 is 11.4. The lowest BCUT2D eigenvalue weighted by molar-refractivity contribution is -0.130. The summed E-state index contributed by atoms with van der Waals surface area (Å²) in [5, 5.41) is 4.74. The summed E-state index contributed by atoms with van der Waals surface area (Å²) in [7, 11) is 0. The molecule has 1 aromatic carbocycles. The molecule has 0 saturated carbocycles. The first-order chi connectivity index (χ1) is 16.0. The van der Waals surface area contributed by atoms with Crippen LogP contribution in [0.4, 0.5) is 6.01 Å². The van der Waals surface area contributed by atoms with Crippen LogP contribution in [-0.4, -0.2) is 64.7 Å². The molecular formula is C25H38N4O3S. The number of hydrogen-bond acceptors (Lipinski definition) is 7. The van der Waals surface area contributed by atoms with Crippen LogP contribution in [0.2, 0.25) is 0 Å². The second-order valence-corrected chi connectivity index (χ2v) is 10.3. The monoisotopic (exact) mass is 474 g/mol. The molecule has 0 bridgehead atoms. The summed E-state index contributed by atoms with van der Waals surface area (Å²) in [6, 6.07) is 8.57. The minimum absolute atomic E-state index is 0.172. The third-order valence-electron chi connectivity index (χ3n) is 5.86. The number of amides is 1. The Bertz CT molecular complexity index is 844. The number of nitrogens with zero attached hydrogens (tertiary/aromatic N) is 4. The molecule has 2 aromatic rings. The Morgan fingerprint density at radius 1 is 1.21 bits per heavy atom. The van der Waals surface area contributed by atoms with E-state index in [1.165, 1.54) is 0 Å². The van der Waals surface area contributed by atoms with Gasteiger partial charge in [-0.2, -0.15) is 16.7 Å². The maximum absolute atomic E-state index is 12.2. The SMILES string of the molecule is CCN(CC)C(=O)Cc1ccc(OCCSC2CCN(c3nc(CC(C)C)no3)CC2)cc1. The predicted molar refractivity (Wildman–Crippen MR) is 134 cm³/mol. The van der Waals surface area contributed by atoms with Crippen molar-refractivity contribution in [1.29, 1.82) is 0 Å². The highest BCUT2D eigenvalue weighted by atomic mass is 32.2. The fraction of sp³-hybridized carbons (Fsp3) is 0.640. The van der Waals surface area contributed by atoms with E-state index in [4.69, 9.17) is 9.26 Å². The molecule has 2 heterocycles. The van der Waals surface area contributed by atoms with Crippen molar-refractivity contribution in [3.8, 4) is 5.75 Å². The second kappa shape index (κ2) is 12.9. The topological polar surface area (TPSA) is 71.7 Å². The smallest absolute Gasteiger partial charge is 0.324 e. The predicted octanol–water partition coefficient (Wildman–Crippen LogP) is 4.46. The zero-order valence-corrected chi connectivity index (χ0v) is 21.3. The van der Waals surface area contributed by atoms with Gasteiger partial charge in [0, 0.05) is 43.6 Å². The van der Waals surface area contributed by atoms with E-state index in [1.807, 2.05) is 54.8 Å². The molecule has 1 aliphatic rings. The highest BCUT2D eigenvalue weighted by Crippen LogP contribution is 2.26. The van der Waals surface area contributed by atoms with E-state index < -0.39 is 0 Å². The first-order valence-electron chi connectivity index (χ1n) is 12.2. The number of aromatic nitrogens is 2. The van der Waals surface area contributed by atoms with Gasteiger partial charge >= 0.3 is 6.01 Å². The van der Waals surface area contributed by atoms with Gasteiger partial charge in [0.15, 0.2) is 5.82 Å². The van der Waals surface area contributed by atoms with Gasteiger partial charge in [-0.25, -0.2) is 0 Å². The van der Waals surface area contributed by atoms with Crippen LogP contribution < -0.4 is 9.64 Å². The summed E-state index contributed by atoms with van der Waals surface area (Å²) >= 11 is 1.98. The Balaban J connectivity index is 1.32. The van der Waals surface area contributed by atoms with Crippen LogP contribution in [-0.2, 0) is 17.6 Å². The number of thioether (sulfide) groups is 1. The lowest BCUT2D eigenvalue weighted by atomic mass is 10.1. The number of carbonyl (C=O) groups excluding carboxylic acids is 1. The summed E-state index contributed by atoms with van der Waals surface area (Å²) in [5.74, 6) is 3.33. The molecule has 7 nitrogen and oxygen atoms in total. The van der Waals surface area contributed by atoms with Crippen LogP contribution in [0.5, 0.6) is 5.75 Å². The fourth-order valence-corrected chi connectivity index (χ4v) is 5.03. The Labute approximate surface area is 202 Å². The van der Waals surface area contributed by atoms with E-state index in [-0.39, 0.29) is 5.91 Å². The molecule has 33 heavy (non-hydrogen) atoms. The number of piperidine rings is 1. The van der Waals surface area contributed by atoms with Gasteiger partial charge in [0.05, 0.1) is 13.0 Å². The molecule has 182 valence electrons. The minimum atomic E-state index is 0.172. The molecular weight excluding hydrogens is 436 g/mol. The van der Waals surface area contributed by atoms with Gasteiger partial charge in [-0.3, -0.25) is 4.79 Å². The van der Waals surface area contributed by atoms with E-state index in [1.54, 1.807) is 0 Å². The normalized spacial score (nSPS) is 14.6. The van der Waals surface area contributed by atoms with Crippen molar-refractivity contribution in [2.75, 3.05) is 43.4 Å². The summed E-state index contributed by atoms with van der Waals surface area (Å²) in [5.41, 5.74) is 1.03. The van der Waals surface area contributed by atoms with Crippen molar-refractivity contribution in [2.24, 2.45) is 5.92 Å². The molecule has 1 amide bonds. The van der Waals surface area contributed by atoms with Crippen molar-refractivity contribution in [1.82, 2.24) is 15.0 Å². The van der Waals surface area contributed by atoms with Gasteiger partial charge in [0.2, 0.25) is 5.91 Å². The lowest BCUT2D eigenvalue weighted by Crippen LogP contribution is -2.35. The molecule has 0 radical (unpaired) electrons. The average molecular weight is 475 g/mol. The molecule has 1 aliphatic heterocycles. The quantitative estimate of drug-likeness (QED) is 0.421. The van der Waals surface area contributed by atoms with Crippen LogP contribution >= 0.6 is 11.8 Å². The van der Waals surface area contributed by atoms with Gasteiger partial charge in [0.25, 0.3) is 0 Å². The summed E-state index contributed by atoms with van der Waals surface area (Å²) in [4.78, 5) is 20.9. The summed E-state index contributed by atoms with van der Waals surface area (Å²) in [6.45, 7) is 12.4. The van der Waals surface area contributed by atoms with Crippen molar-refractivity contribution in [2.45, 2.75) is 58.6 Å². The van der Waals surface area contributed by atoms with Crippen molar-refractivity contribution < 1.29 is 14.1 Å². The van der Waals surface area contributed by atoms with Crippen LogP contribution in [0.1, 0.15) is 51.9 Å². The van der Waals surface area contributed by atoms with Gasteiger partial charge in [0.1, 0.15) is 5.75 Å². The Morgan fingerprint density at radius 3 is 2.55 bits per heavy atom. The van der Waals surface area contributed by atoms with Gasteiger partial charge < -0.3 is 19.1 Å². The molecule has 3 rings (SSSR count). The molecule has 0 unspecified atom stereocenters.